The minimum absolute atomic E-state index is 0.189. The van der Waals surface area contributed by atoms with E-state index in [9.17, 15) is 4.79 Å². The predicted molar refractivity (Wildman–Crippen MR) is 74.9 cm³/mol. The molecule has 0 saturated carbocycles. The molecule has 0 saturated heterocycles. The number of carbonyl (C=O) groups excluding carboxylic acids is 1. The van der Waals surface area contributed by atoms with E-state index in [4.69, 9.17) is 4.74 Å². The summed E-state index contributed by atoms with van der Waals surface area (Å²) in [6.07, 6.45) is 0.654. The number of benzene rings is 1. The molecule has 1 aromatic carbocycles. The van der Waals surface area contributed by atoms with E-state index >= 15 is 0 Å². The van der Waals surface area contributed by atoms with Gasteiger partial charge in [-0.2, -0.15) is 0 Å². The first kappa shape index (κ1) is 13.9. The number of nitrogens with zero attached hydrogens (tertiary/aromatic N) is 2. The Kier molecular flexibility index (Phi) is 4.10. The first-order valence-electron chi connectivity index (χ1n) is 6.61. The van der Waals surface area contributed by atoms with Gasteiger partial charge in [0.05, 0.1) is 7.11 Å². The van der Waals surface area contributed by atoms with Gasteiger partial charge in [-0.1, -0.05) is 18.2 Å². The molecule has 104 valence electrons. The van der Waals surface area contributed by atoms with Crippen molar-refractivity contribution in [2.45, 2.75) is 32.5 Å². The lowest BCUT2D eigenvalue weighted by Crippen LogP contribution is -2.42. The predicted octanol–water partition coefficient (Wildman–Crippen LogP) is 2.26. The van der Waals surface area contributed by atoms with Gasteiger partial charge in [0, 0.05) is 19.1 Å². The average Bonchev–Trinajstić information content (AvgIpc) is 2.36. The number of methoxy groups -OCH3 is 1. The molecule has 0 spiro atoms. The number of amides is 1. The van der Waals surface area contributed by atoms with Crippen LogP contribution in [0.15, 0.2) is 18.2 Å². The van der Waals surface area contributed by atoms with Crippen LogP contribution in [0.1, 0.15) is 23.6 Å². The SMILES string of the molecule is COC(=O)N1Cc2ccc(CN(C)C)cc2CC1C. The molecule has 0 bridgehead atoms. The van der Waals surface area contributed by atoms with Crippen molar-refractivity contribution in [2.75, 3.05) is 21.2 Å². The van der Waals surface area contributed by atoms with Crippen molar-refractivity contribution in [3.8, 4) is 0 Å². The fourth-order valence-corrected chi connectivity index (χ4v) is 2.62. The second-order valence-corrected chi connectivity index (χ2v) is 5.49. The minimum atomic E-state index is -0.240. The molecule has 4 heteroatoms. The van der Waals surface area contributed by atoms with Gasteiger partial charge in [-0.15, -0.1) is 0 Å². The van der Waals surface area contributed by atoms with Crippen molar-refractivity contribution in [3.05, 3.63) is 34.9 Å². The van der Waals surface area contributed by atoms with Gasteiger partial charge >= 0.3 is 6.09 Å². The number of rotatable bonds is 2. The average molecular weight is 262 g/mol. The molecule has 1 unspecified atom stereocenters. The zero-order valence-corrected chi connectivity index (χ0v) is 12.1. The number of hydrogen-bond donors (Lipinski definition) is 0. The van der Waals surface area contributed by atoms with Crippen molar-refractivity contribution in [1.82, 2.24) is 9.80 Å². The third-order valence-corrected chi connectivity index (χ3v) is 3.57. The van der Waals surface area contributed by atoms with E-state index in [0.29, 0.717) is 6.54 Å². The molecule has 4 nitrogen and oxygen atoms in total. The molecule has 1 aliphatic rings. The topological polar surface area (TPSA) is 32.8 Å². The van der Waals surface area contributed by atoms with Crippen LogP contribution in [0.25, 0.3) is 0 Å². The monoisotopic (exact) mass is 262 g/mol. The third kappa shape index (κ3) is 3.07. The molecule has 19 heavy (non-hydrogen) atoms. The van der Waals surface area contributed by atoms with Crippen LogP contribution in [0.2, 0.25) is 0 Å². The zero-order valence-electron chi connectivity index (χ0n) is 12.1. The summed E-state index contributed by atoms with van der Waals surface area (Å²) < 4.78 is 4.83. The number of fused-ring (bicyclic) bond motifs is 1. The van der Waals surface area contributed by atoms with Crippen LogP contribution < -0.4 is 0 Å². The maximum atomic E-state index is 11.7. The number of hydrogen-bond acceptors (Lipinski definition) is 3. The van der Waals surface area contributed by atoms with Crippen molar-refractivity contribution < 1.29 is 9.53 Å². The van der Waals surface area contributed by atoms with Gasteiger partial charge in [-0.05, 0) is 44.1 Å². The molecule has 0 N–H and O–H groups in total. The van der Waals surface area contributed by atoms with Crippen LogP contribution in [0, 0.1) is 0 Å². The van der Waals surface area contributed by atoms with E-state index < -0.39 is 0 Å². The second kappa shape index (κ2) is 5.61. The maximum Gasteiger partial charge on any atom is 0.410 e. The third-order valence-electron chi connectivity index (χ3n) is 3.57. The Morgan fingerprint density at radius 2 is 2.16 bits per heavy atom. The molecule has 0 fully saturated rings. The van der Waals surface area contributed by atoms with Crippen LogP contribution in [0.3, 0.4) is 0 Å². The Bertz CT molecular complexity index is 471. The fraction of sp³-hybridized carbons (Fsp3) is 0.533. The van der Waals surface area contributed by atoms with Crippen LogP contribution in [-0.2, 0) is 24.2 Å². The van der Waals surface area contributed by atoms with Gasteiger partial charge in [0.15, 0.2) is 0 Å². The summed E-state index contributed by atoms with van der Waals surface area (Å²) in [5, 5.41) is 0. The second-order valence-electron chi connectivity index (χ2n) is 5.49. The van der Waals surface area contributed by atoms with E-state index in [1.165, 1.54) is 23.8 Å². The molecule has 0 aromatic heterocycles. The molecule has 2 rings (SSSR count). The minimum Gasteiger partial charge on any atom is -0.453 e. The Labute approximate surface area is 115 Å². The van der Waals surface area contributed by atoms with Crippen molar-refractivity contribution in [2.24, 2.45) is 0 Å². The van der Waals surface area contributed by atoms with E-state index in [2.05, 4.69) is 44.1 Å². The van der Waals surface area contributed by atoms with Crippen LogP contribution in [-0.4, -0.2) is 43.1 Å². The largest absolute Gasteiger partial charge is 0.453 e. The van der Waals surface area contributed by atoms with E-state index in [1.807, 2.05) is 0 Å². The number of ether oxygens (including phenoxy) is 1. The summed E-state index contributed by atoms with van der Waals surface area (Å²) in [4.78, 5) is 15.6. The summed E-state index contributed by atoms with van der Waals surface area (Å²) in [5.74, 6) is 0. The van der Waals surface area contributed by atoms with Crippen molar-refractivity contribution in [3.63, 3.8) is 0 Å². The molecule has 0 radical (unpaired) electrons. The van der Waals surface area contributed by atoms with Crippen molar-refractivity contribution >= 4 is 6.09 Å². The van der Waals surface area contributed by atoms with Crippen LogP contribution in [0.4, 0.5) is 4.79 Å². The summed E-state index contributed by atoms with van der Waals surface area (Å²) in [5.41, 5.74) is 3.90. The normalized spacial score (nSPS) is 18.4. The highest BCUT2D eigenvalue weighted by atomic mass is 16.5. The molecule has 1 aromatic rings. The smallest absolute Gasteiger partial charge is 0.410 e. The molecular formula is C15H22N2O2. The van der Waals surface area contributed by atoms with Gasteiger partial charge in [0.1, 0.15) is 0 Å². The Balaban J connectivity index is 2.20. The lowest BCUT2D eigenvalue weighted by Gasteiger charge is -2.34. The van der Waals surface area contributed by atoms with Gasteiger partial charge in [-0.25, -0.2) is 4.79 Å². The highest BCUT2D eigenvalue weighted by Crippen LogP contribution is 2.25. The summed E-state index contributed by atoms with van der Waals surface area (Å²) in [7, 11) is 5.58. The molecule has 1 amide bonds. The van der Waals surface area contributed by atoms with E-state index in [1.54, 1.807) is 4.90 Å². The molecule has 1 heterocycles. The number of carbonyl (C=O) groups is 1. The Hall–Kier alpha value is -1.55. The lowest BCUT2D eigenvalue weighted by atomic mass is 9.93. The summed E-state index contributed by atoms with van der Waals surface area (Å²) >= 11 is 0. The molecule has 0 aliphatic carbocycles. The van der Waals surface area contributed by atoms with Gasteiger partial charge in [0.2, 0.25) is 0 Å². The zero-order chi connectivity index (χ0) is 14.0. The Morgan fingerprint density at radius 1 is 1.42 bits per heavy atom. The van der Waals surface area contributed by atoms with E-state index in [-0.39, 0.29) is 12.1 Å². The highest BCUT2D eigenvalue weighted by molar-refractivity contribution is 5.68. The molecule has 1 atom stereocenters. The Morgan fingerprint density at radius 3 is 2.79 bits per heavy atom. The van der Waals surface area contributed by atoms with E-state index in [0.717, 1.165) is 13.0 Å². The highest BCUT2D eigenvalue weighted by Gasteiger charge is 2.27. The fourth-order valence-electron chi connectivity index (χ4n) is 2.62. The molecular weight excluding hydrogens is 240 g/mol. The summed E-state index contributed by atoms with van der Waals surface area (Å²) in [6, 6.07) is 6.73. The van der Waals surface area contributed by atoms with Crippen LogP contribution >= 0.6 is 0 Å². The van der Waals surface area contributed by atoms with Crippen molar-refractivity contribution in [1.29, 1.82) is 0 Å². The molecule has 1 aliphatic heterocycles. The van der Waals surface area contributed by atoms with Crippen LogP contribution in [0.5, 0.6) is 0 Å². The first-order chi connectivity index (χ1) is 9.01. The quantitative estimate of drug-likeness (QED) is 0.819. The summed E-state index contributed by atoms with van der Waals surface area (Å²) in [6.45, 7) is 3.66. The lowest BCUT2D eigenvalue weighted by molar-refractivity contribution is 0.100. The van der Waals surface area contributed by atoms with Gasteiger partial charge in [-0.3, -0.25) is 0 Å². The first-order valence-corrected chi connectivity index (χ1v) is 6.61. The van der Waals surface area contributed by atoms with Gasteiger partial charge in [0.25, 0.3) is 0 Å². The maximum absolute atomic E-state index is 11.7. The standard InChI is InChI=1S/C15H22N2O2/c1-11-7-14-8-12(9-16(2)3)5-6-13(14)10-17(11)15(18)19-4/h5-6,8,11H,7,9-10H2,1-4H3. The van der Waals surface area contributed by atoms with Gasteiger partial charge < -0.3 is 14.5 Å².